The van der Waals surface area contributed by atoms with Crippen LogP contribution in [0.4, 0.5) is 16.3 Å². The van der Waals surface area contributed by atoms with Crippen LogP contribution in [0.5, 0.6) is 0 Å². The number of carbonyl (C=O) groups excluding carboxylic acids is 1. The normalized spacial score (nSPS) is 16.2. The Morgan fingerprint density at radius 1 is 1.20 bits per heavy atom. The van der Waals surface area contributed by atoms with Crippen molar-refractivity contribution >= 4 is 62.5 Å². The molecule has 2 aromatic carbocycles. The lowest BCUT2D eigenvalue weighted by Crippen LogP contribution is -2.29. The smallest absolute Gasteiger partial charge is 0.409 e. The summed E-state index contributed by atoms with van der Waals surface area (Å²) in [7, 11) is 3.35. The average Bonchev–Trinajstić information content (AvgIpc) is 3.67. The Morgan fingerprint density at radius 2 is 2.05 bits per heavy atom. The quantitative estimate of drug-likeness (QED) is 0.284. The SMILES string of the molecule is CN(C)C(=O)OC1CNC(C#Cc2cc3c(Nc4ccc5c(cnn5Cc5ccccc5)c4)ncnc3s2)C1.Cl. The topological polar surface area (TPSA) is 97.2 Å². The molecule has 1 aliphatic rings. The number of ether oxygens (including phenoxy) is 1. The molecule has 0 saturated carbocycles. The summed E-state index contributed by atoms with van der Waals surface area (Å²) in [4.78, 5) is 23.9. The molecule has 5 aromatic rings. The molecule has 0 bridgehead atoms. The van der Waals surface area contributed by atoms with Gasteiger partial charge in [-0.1, -0.05) is 42.2 Å². The third-order valence-corrected chi connectivity index (χ3v) is 7.46. The number of hydrogen-bond acceptors (Lipinski definition) is 8. The van der Waals surface area contributed by atoms with E-state index in [0.717, 1.165) is 44.0 Å². The van der Waals surface area contributed by atoms with Gasteiger partial charge in [0.1, 0.15) is 23.1 Å². The maximum Gasteiger partial charge on any atom is 0.409 e. The second-order valence-electron chi connectivity index (χ2n) is 9.60. The van der Waals surface area contributed by atoms with Crippen LogP contribution in [-0.4, -0.2) is 63.5 Å². The molecule has 11 heteroatoms. The monoisotopic (exact) mass is 573 g/mol. The van der Waals surface area contributed by atoms with E-state index in [2.05, 4.69) is 61.8 Å². The van der Waals surface area contributed by atoms with E-state index >= 15 is 0 Å². The highest BCUT2D eigenvalue weighted by Gasteiger charge is 2.26. The van der Waals surface area contributed by atoms with Gasteiger partial charge in [0.15, 0.2) is 0 Å². The van der Waals surface area contributed by atoms with Gasteiger partial charge in [-0.05, 0) is 29.8 Å². The van der Waals surface area contributed by atoms with E-state index in [9.17, 15) is 4.79 Å². The summed E-state index contributed by atoms with van der Waals surface area (Å²) in [6, 6.07) is 18.5. The lowest BCUT2D eigenvalue weighted by Gasteiger charge is -2.15. The van der Waals surface area contributed by atoms with Gasteiger partial charge in [0.2, 0.25) is 0 Å². The van der Waals surface area contributed by atoms with Crippen LogP contribution in [0.25, 0.3) is 21.1 Å². The zero-order valence-corrected chi connectivity index (χ0v) is 23.6. The Hall–Kier alpha value is -4.17. The maximum absolute atomic E-state index is 11.8. The predicted octanol–water partition coefficient (Wildman–Crippen LogP) is 5.03. The summed E-state index contributed by atoms with van der Waals surface area (Å²) in [6.07, 6.45) is 3.61. The highest BCUT2D eigenvalue weighted by Crippen LogP contribution is 2.30. The zero-order valence-electron chi connectivity index (χ0n) is 22.0. The predicted molar refractivity (Wildman–Crippen MR) is 160 cm³/mol. The first-order chi connectivity index (χ1) is 19.0. The molecule has 1 saturated heterocycles. The van der Waals surface area contributed by atoms with Crippen LogP contribution in [0.3, 0.4) is 0 Å². The molecule has 3 aromatic heterocycles. The van der Waals surface area contributed by atoms with E-state index in [0.29, 0.717) is 13.0 Å². The highest BCUT2D eigenvalue weighted by molar-refractivity contribution is 7.19. The van der Waals surface area contributed by atoms with Crippen molar-refractivity contribution in [2.24, 2.45) is 0 Å². The minimum atomic E-state index is -0.335. The Labute approximate surface area is 242 Å². The molecule has 9 nitrogen and oxygen atoms in total. The first-order valence-electron chi connectivity index (χ1n) is 12.7. The number of benzene rings is 2. The number of hydrogen-bond donors (Lipinski definition) is 2. The van der Waals surface area contributed by atoms with Crippen molar-refractivity contribution in [1.82, 2.24) is 30.0 Å². The summed E-state index contributed by atoms with van der Waals surface area (Å²) in [5, 5.41) is 13.3. The van der Waals surface area contributed by atoms with E-state index in [4.69, 9.17) is 4.74 Å². The molecule has 1 fully saturated rings. The number of thiophene rings is 1. The Morgan fingerprint density at radius 3 is 2.88 bits per heavy atom. The number of amides is 1. The van der Waals surface area contributed by atoms with Gasteiger partial charge in [0.25, 0.3) is 0 Å². The lowest BCUT2D eigenvalue weighted by atomic mass is 10.2. The first kappa shape index (κ1) is 27.4. The van der Waals surface area contributed by atoms with Gasteiger partial charge in [-0.3, -0.25) is 10.00 Å². The van der Waals surface area contributed by atoms with Crippen molar-refractivity contribution in [2.45, 2.75) is 25.1 Å². The minimum absolute atomic E-state index is 0. The highest BCUT2D eigenvalue weighted by atomic mass is 35.5. The van der Waals surface area contributed by atoms with E-state index in [-0.39, 0.29) is 30.6 Å². The van der Waals surface area contributed by atoms with Crippen molar-refractivity contribution in [3.8, 4) is 11.8 Å². The van der Waals surface area contributed by atoms with Crippen molar-refractivity contribution in [3.63, 3.8) is 0 Å². The molecular weight excluding hydrogens is 546 g/mol. The van der Waals surface area contributed by atoms with Crippen LogP contribution in [0.2, 0.25) is 0 Å². The third-order valence-electron chi connectivity index (χ3n) is 6.50. The molecule has 0 radical (unpaired) electrons. The second-order valence-corrected chi connectivity index (χ2v) is 10.6. The van der Waals surface area contributed by atoms with Crippen LogP contribution >= 0.6 is 23.7 Å². The van der Waals surface area contributed by atoms with Gasteiger partial charge in [0.05, 0.1) is 34.6 Å². The molecule has 1 amide bonds. The first-order valence-corrected chi connectivity index (χ1v) is 13.5. The Balaban J connectivity index is 0.00000323. The van der Waals surface area contributed by atoms with Crippen LogP contribution < -0.4 is 10.6 Å². The van der Waals surface area contributed by atoms with Crippen LogP contribution in [0.1, 0.15) is 16.9 Å². The zero-order chi connectivity index (χ0) is 26.8. The molecule has 0 spiro atoms. The van der Waals surface area contributed by atoms with Gasteiger partial charge in [-0.2, -0.15) is 5.10 Å². The van der Waals surface area contributed by atoms with E-state index in [1.54, 1.807) is 20.4 Å². The second kappa shape index (κ2) is 11.9. The summed E-state index contributed by atoms with van der Waals surface area (Å²) in [5.41, 5.74) is 3.21. The number of nitrogens with one attached hydrogen (secondary N) is 2. The number of anilines is 2. The molecular formula is C29H28ClN7O2S. The molecule has 40 heavy (non-hydrogen) atoms. The van der Waals surface area contributed by atoms with Crippen molar-refractivity contribution in [1.29, 1.82) is 0 Å². The van der Waals surface area contributed by atoms with Gasteiger partial charge in [-0.15, -0.1) is 23.7 Å². The summed E-state index contributed by atoms with van der Waals surface area (Å²) >= 11 is 1.53. The number of aromatic nitrogens is 4. The third kappa shape index (κ3) is 6.02. The van der Waals surface area contributed by atoms with Crippen LogP contribution in [-0.2, 0) is 11.3 Å². The number of fused-ring (bicyclic) bond motifs is 2. The van der Waals surface area contributed by atoms with Gasteiger partial charge in [-0.25, -0.2) is 14.8 Å². The fourth-order valence-electron chi connectivity index (χ4n) is 4.51. The summed E-state index contributed by atoms with van der Waals surface area (Å²) in [5.74, 6) is 7.26. The minimum Gasteiger partial charge on any atom is -0.445 e. The number of nitrogens with zero attached hydrogens (tertiary/aromatic N) is 5. The van der Waals surface area contributed by atoms with Gasteiger partial charge >= 0.3 is 6.09 Å². The number of carbonyl (C=O) groups is 1. The number of halogens is 1. The number of rotatable bonds is 5. The van der Waals surface area contributed by atoms with Crippen LogP contribution in [0.15, 0.2) is 67.1 Å². The molecule has 0 aliphatic carbocycles. The lowest BCUT2D eigenvalue weighted by molar-refractivity contribution is 0.0826. The summed E-state index contributed by atoms with van der Waals surface area (Å²) < 4.78 is 7.47. The Kier molecular flexibility index (Phi) is 8.16. The molecule has 4 heterocycles. The van der Waals surface area contributed by atoms with E-state index < -0.39 is 0 Å². The fourth-order valence-corrected chi connectivity index (χ4v) is 5.37. The average molecular weight is 574 g/mol. The fraction of sp³-hybridized carbons (Fsp3) is 0.241. The standard InChI is InChI=1S/C29H27N7O2S.ClH/c1-35(2)29(37)38-23-13-21(30-16-23)8-10-24-14-25-27(31-18-32-28(25)39-24)34-22-9-11-26-20(12-22)15-33-36(26)17-19-6-4-3-5-7-19;/h3-7,9,11-12,14-15,18,21,23,30H,13,16-17H2,1-2H3,(H,31,32,34);1H. The largest absolute Gasteiger partial charge is 0.445 e. The molecule has 2 unspecified atom stereocenters. The molecule has 204 valence electrons. The maximum atomic E-state index is 11.8. The summed E-state index contributed by atoms with van der Waals surface area (Å²) in [6.45, 7) is 1.32. The van der Waals surface area contributed by atoms with Crippen molar-refractivity contribution in [3.05, 3.63) is 77.6 Å². The van der Waals surface area contributed by atoms with Crippen molar-refractivity contribution in [2.75, 3.05) is 26.0 Å². The Bertz CT molecular complexity index is 1710. The van der Waals surface area contributed by atoms with Crippen molar-refractivity contribution < 1.29 is 9.53 Å². The molecule has 2 N–H and O–H groups in total. The van der Waals surface area contributed by atoms with E-state index in [1.807, 2.05) is 41.2 Å². The van der Waals surface area contributed by atoms with Crippen LogP contribution in [0, 0.1) is 11.8 Å². The molecule has 1 aliphatic heterocycles. The van der Waals surface area contributed by atoms with Gasteiger partial charge < -0.3 is 15.0 Å². The van der Waals surface area contributed by atoms with E-state index in [1.165, 1.54) is 21.8 Å². The molecule has 2 atom stereocenters. The molecule has 6 rings (SSSR count). The van der Waals surface area contributed by atoms with Gasteiger partial charge in [0, 0.05) is 38.1 Å².